The van der Waals surface area contributed by atoms with Crippen LogP contribution in [-0.4, -0.2) is 32.2 Å². The second kappa shape index (κ2) is 8.50. The van der Waals surface area contributed by atoms with E-state index in [1.165, 1.54) is 12.8 Å². The average molecular weight is 441 g/mol. The van der Waals surface area contributed by atoms with Crippen molar-refractivity contribution in [1.82, 2.24) is 19.6 Å². The van der Waals surface area contributed by atoms with E-state index >= 15 is 0 Å². The lowest BCUT2D eigenvalue weighted by atomic mass is 10.1. The molecule has 0 aliphatic carbocycles. The molecule has 4 aromatic rings. The Morgan fingerprint density at radius 2 is 2.00 bits per heavy atom. The number of aromatic nitrogens is 4. The molecule has 0 amide bonds. The third-order valence-electron chi connectivity index (χ3n) is 5.35. The SMILES string of the molecule is CC1CCCN1c1cccc(Nc2cc(-c3ccccc3Cl)nn3ccnc23)n1.Cl. The van der Waals surface area contributed by atoms with Crippen molar-refractivity contribution in [2.24, 2.45) is 0 Å². The quantitative estimate of drug-likeness (QED) is 0.447. The molecule has 0 bridgehead atoms. The molecule has 1 aliphatic rings. The molecule has 154 valence electrons. The number of imidazole rings is 1. The van der Waals surface area contributed by atoms with Crippen LogP contribution >= 0.6 is 24.0 Å². The number of pyridine rings is 1. The number of anilines is 3. The minimum absolute atomic E-state index is 0. The van der Waals surface area contributed by atoms with Gasteiger partial charge < -0.3 is 10.2 Å². The molecule has 1 unspecified atom stereocenters. The molecule has 0 spiro atoms. The lowest BCUT2D eigenvalue weighted by molar-refractivity contribution is 0.727. The van der Waals surface area contributed by atoms with Crippen molar-refractivity contribution in [2.45, 2.75) is 25.8 Å². The van der Waals surface area contributed by atoms with Crippen LogP contribution in [0, 0.1) is 0 Å². The molecular formula is C22H22Cl2N6. The van der Waals surface area contributed by atoms with Gasteiger partial charge in [0.05, 0.1) is 16.4 Å². The average Bonchev–Trinajstić information content (AvgIpc) is 3.37. The Kier molecular flexibility index (Phi) is 5.79. The van der Waals surface area contributed by atoms with Crippen LogP contribution in [0.1, 0.15) is 19.8 Å². The molecule has 6 nitrogen and oxygen atoms in total. The minimum Gasteiger partial charge on any atom is -0.354 e. The number of hydrogen-bond acceptors (Lipinski definition) is 5. The molecule has 3 aromatic heterocycles. The molecule has 8 heteroatoms. The topological polar surface area (TPSA) is 58.4 Å². The summed E-state index contributed by atoms with van der Waals surface area (Å²) in [5.74, 6) is 1.78. The summed E-state index contributed by atoms with van der Waals surface area (Å²) in [7, 11) is 0. The van der Waals surface area contributed by atoms with E-state index in [1.807, 2.05) is 48.7 Å². The first-order valence-electron chi connectivity index (χ1n) is 9.79. The number of hydrogen-bond donors (Lipinski definition) is 1. The van der Waals surface area contributed by atoms with Gasteiger partial charge in [-0.05, 0) is 44.0 Å². The number of nitrogens with one attached hydrogen (secondary N) is 1. The van der Waals surface area contributed by atoms with Gasteiger partial charge in [0.15, 0.2) is 5.65 Å². The molecule has 1 atom stereocenters. The first-order valence-corrected chi connectivity index (χ1v) is 10.2. The Morgan fingerprint density at radius 1 is 1.13 bits per heavy atom. The van der Waals surface area contributed by atoms with Crippen molar-refractivity contribution in [2.75, 3.05) is 16.8 Å². The summed E-state index contributed by atoms with van der Waals surface area (Å²) in [5, 5.41) is 8.76. The predicted molar refractivity (Wildman–Crippen MR) is 124 cm³/mol. The van der Waals surface area contributed by atoms with Gasteiger partial charge >= 0.3 is 0 Å². The van der Waals surface area contributed by atoms with Gasteiger partial charge in [0.25, 0.3) is 0 Å². The van der Waals surface area contributed by atoms with Gasteiger partial charge in [0.1, 0.15) is 11.6 Å². The first kappa shape index (κ1) is 20.4. The van der Waals surface area contributed by atoms with Crippen molar-refractivity contribution < 1.29 is 0 Å². The molecule has 1 saturated heterocycles. The molecule has 1 N–H and O–H groups in total. The molecule has 1 aliphatic heterocycles. The fraction of sp³-hybridized carbons (Fsp3) is 0.227. The lowest BCUT2D eigenvalue weighted by Gasteiger charge is -2.23. The van der Waals surface area contributed by atoms with Gasteiger partial charge in [0.2, 0.25) is 0 Å². The summed E-state index contributed by atoms with van der Waals surface area (Å²) >= 11 is 6.40. The van der Waals surface area contributed by atoms with E-state index in [0.717, 1.165) is 40.8 Å². The van der Waals surface area contributed by atoms with Gasteiger partial charge in [0, 0.05) is 30.5 Å². The lowest BCUT2D eigenvalue weighted by Crippen LogP contribution is -2.27. The molecule has 30 heavy (non-hydrogen) atoms. The Balaban J connectivity index is 0.00000218. The number of fused-ring (bicyclic) bond motifs is 1. The fourth-order valence-corrected chi connectivity index (χ4v) is 4.11. The van der Waals surface area contributed by atoms with Crippen molar-refractivity contribution in [3.05, 3.63) is 65.9 Å². The zero-order valence-electron chi connectivity index (χ0n) is 16.5. The first-order chi connectivity index (χ1) is 14.2. The van der Waals surface area contributed by atoms with E-state index in [0.29, 0.717) is 11.1 Å². The monoisotopic (exact) mass is 440 g/mol. The van der Waals surface area contributed by atoms with Crippen LogP contribution in [0.3, 0.4) is 0 Å². The molecular weight excluding hydrogens is 419 g/mol. The Bertz CT molecular complexity index is 1180. The third-order valence-corrected chi connectivity index (χ3v) is 5.68. The van der Waals surface area contributed by atoms with Crippen LogP contribution in [0.25, 0.3) is 16.9 Å². The zero-order chi connectivity index (χ0) is 19.8. The summed E-state index contributed by atoms with van der Waals surface area (Å²) in [5.41, 5.74) is 3.22. The maximum absolute atomic E-state index is 6.40. The van der Waals surface area contributed by atoms with Crippen LogP contribution in [0.15, 0.2) is 60.9 Å². The van der Waals surface area contributed by atoms with E-state index in [4.69, 9.17) is 16.6 Å². The second-order valence-corrected chi connectivity index (χ2v) is 7.72. The molecule has 0 saturated carbocycles. The summed E-state index contributed by atoms with van der Waals surface area (Å²) in [6.45, 7) is 3.30. The Morgan fingerprint density at radius 3 is 2.80 bits per heavy atom. The largest absolute Gasteiger partial charge is 0.354 e. The Labute approximate surface area is 186 Å². The molecule has 1 aromatic carbocycles. The van der Waals surface area contributed by atoms with Crippen LogP contribution in [0.4, 0.5) is 17.3 Å². The van der Waals surface area contributed by atoms with E-state index < -0.39 is 0 Å². The maximum Gasteiger partial charge on any atom is 0.177 e. The van der Waals surface area contributed by atoms with Crippen molar-refractivity contribution in [1.29, 1.82) is 0 Å². The zero-order valence-corrected chi connectivity index (χ0v) is 18.1. The normalized spacial score (nSPS) is 15.9. The van der Waals surface area contributed by atoms with E-state index in [9.17, 15) is 0 Å². The predicted octanol–water partition coefficient (Wildman–Crippen LogP) is 5.60. The highest BCUT2D eigenvalue weighted by atomic mass is 35.5. The van der Waals surface area contributed by atoms with Crippen LogP contribution in [0.5, 0.6) is 0 Å². The Hall–Kier alpha value is -2.83. The summed E-state index contributed by atoms with van der Waals surface area (Å²) in [6.07, 6.45) is 5.98. The van der Waals surface area contributed by atoms with E-state index in [1.54, 1.807) is 10.7 Å². The molecule has 0 radical (unpaired) electrons. The number of rotatable bonds is 4. The number of nitrogens with zero attached hydrogens (tertiary/aromatic N) is 5. The standard InChI is InChI=1S/C22H21ClN6.ClH/c1-15-6-5-12-28(15)21-10-4-9-20(26-21)25-19-14-18(16-7-2-3-8-17(16)23)27-29-13-11-24-22(19)29;/h2-4,7-11,13-15H,5-6,12H2,1H3,(H,25,26);1H. The molecule has 1 fully saturated rings. The van der Waals surface area contributed by atoms with Crippen LogP contribution in [0.2, 0.25) is 5.02 Å². The molecule has 5 rings (SSSR count). The van der Waals surface area contributed by atoms with Gasteiger partial charge in [-0.25, -0.2) is 14.5 Å². The van der Waals surface area contributed by atoms with Gasteiger partial charge in [-0.15, -0.1) is 12.4 Å². The van der Waals surface area contributed by atoms with Crippen molar-refractivity contribution in [3.8, 4) is 11.3 Å². The van der Waals surface area contributed by atoms with Gasteiger partial charge in [-0.1, -0.05) is 35.9 Å². The van der Waals surface area contributed by atoms with Crippen molar-refractivity contribution >= 4 is 47.0 Å². The number of halogens is 2. The minimum atomic E-state index is 0. The van der Waals surface area contributed by atoms with Crippen molar-refractivity contribution in [3.63, 3.8) is 0 Å². The number of benzene rings is 1. The second-order valence-electron chi connectivity index (χ2n) is 7.31. The highest BCUT2D eigenvalue weighted by molar-refractivity contribution is 6.33. The van der Waals surface area contributed by atoms with Gasteiger partial charge in [-0.2, -0.15) is 5.10 Å². The summed E-state index contributed by atoms with van der Waals surface area (Å²) in [4.78, 5) is 11.7. The highest BCUT2D eigenvalue weighted by Gasteiger charge is 2.21. The van der Waals surface area contributed by atoms with Gasteiger partial charge in [-0.3, -0.25) is 0 Å². The third kappa shape index (κ3) is 3.80. The van der Waals surface area contributed by atoms with Crippen LogP contribution < -0.4 is 10.2 Å². The van der Waals surface area contributed by atoms with Crippen LogP contribution in [-0.2, 0) is 0 Å². The summed E-state index contributed by atoms with van der Waals surface area (Å²) in [6, 6.07) is 16.3. The van der Waals surface area contributed by atoms with E-state index in [-0.39, 0.29) is 12.4 Å². The molecule has 4 heterocycles. The van der Waals surface area contributed by atoms with E-state index in [2.05, 4.69) is 33.3 Å². The smallest absolute Gasteiger partial charge is 0.177 e. The maximum atomic E-state index is 6.40. The fourth-order valence-electron chi connectivity index (χ4n) is 3.87. The highest BCUT2D eigenvalue weighted by Crippen LogP contribution is 2.31. The summed E-state index contributed by atoms with van der Waals surface area (Å²) < 4.78 is 1.76.